The third kappa shape index (κ3) is 6.25. The highest BCUT2D eigenvalue weighted by atomic mass is 16.2. The summed E-state index contributed by atoms with van der Waals surface area (Å²) in [6.07, 6.45) is 1.96. The highest BCUT2D eigenvalue weighted by molar-refractivity contribution is 6.08. The molecule has 3 amide bonds. The predicted molar refractivity (Wildman–Crippen MR) is 145 cm³/mol. The van der Waals surface area contributed by atoms with Gasteiger partial charge < -0.3 is 20.5 Å². The van der Waals surface area contributed by atoms with Crippen molar-refractivity contribution in [1.29, 1.82) is 0 Å². The van der Waals surface area contributed by atoms with Crippen LogP contribution in [-0.2, 0) is 22.6 Å². The number of amides is 3. The van der Waals surface area contributed by atoms with Crippen LogP contribution < -0.4 is 10.6 Å². The van der Waals surface area contributed by atoms with Crippen LogP contribution in [0.2, 0.25) is 0 Å². The van der Waals surface area contributed by atoms with Gasteiger partial charge in [-0.15, -0.1) is 0 Å². The van der Waals surface area contributed by atoms with Crippen LogP contribution in [-0.4, -0.2) is 46.2 Å². The maximum atomic E-state index is 13.5. The van der Waals surface area contributed by atoms with Gasteiger partial charge in [-0.1, -0.05) is 78.9 Å². The Morgan fingerprint density at radius 3 is 2.14 bits per heavy atom. The first-order valence-corrected chi connectivity index (χ1v) is 12.3. The number of hydrogen-bond donors (Lipinski definition) is 3. The van der Waals surface area contributed by atoms with Crippen molar-refractivity contribution in [2.75, 3.05) is 7.05 Å². The molecular weight excluding hydrogens is 464 g/mol. The van der Waals surface area contributed by atoms with Crippen molar-refractivity contribution in [2.45, 2.75) is 38.4 Å². The smallest absolute Gasteiger partial charge is 0.254 e. The number of fused-ring (bicyclic) bond motifs is 1. The first kappa shape index (κ1) is 25.7. The zero-order valence-corrected chi connectivity index (χ0v) is 21.3. The summed E-state index contributed by atoms with van der Waals surface area (Å²) >= 11 is 0. The van der Waals surface area contributed by atoms with E-state index in [2.05, 4.69) is 15.6 Å². The topological polar surface area (TPSA) is 94.3 Å². The predicted octanol–water partition coefficient (Wildman–Crippen LogP) is 4.06. The lowest BCUT2D eigenvalue weighted by molar-refractivity contribution is -0.137. The molecule has 0 saturated heterocycles. The van der Waals surface area contributed by atoms with Gasteiger partial charge in [0.25, 0.3) is 5.91 Å². The lowest BCUT2D eigenvalue weighted by Gasteiger charge is -2.30. The second-order valence-electron chi connectivity index (χ2n) is 9.72. The molecule has 0 aliphatic heterocycles. The molecule has 0 saturated carbocycles. The summed E-state index contributed by atoms with van der Waals surface area (Å²) in [5.41, 5.74) is 1.95. The molecule has 0 fully saturated rings. The Kier molecular flexibility index (Phi) is 7.72. The van der Waals surface area contributed by atoms with E-state index < -0.39 is 17.5 Å². The molecule has 3 N–H and O–H groups in total. The maximum absolute atomic E-state index is 13.5. The molecule has 0 bridgehead atoms. The summed E-state index contributed by atoms with van der Waals surface area (Å²) in [5.74, 6) is -1.02. The van der Waals surface area contributed by atoms with E-state index in [-0.39, 0.29) is 11.8 Å². The number of carbonyl (C=O) groups is 3. The fourth-order valence-electron chi connectivity index (χ4n) is 4.26. The Labute approximate surface area is 216 Å². The van der Waals surface area contributed by atoms with Crippen LogP contribution in [0.5, 0.6) is 0 Å². The average molecular weight is 497 g/mol. The van der Waals surface area contributed by atoms with Gasteiger partial charge in [0.05, 0.1) is 5.56 Å². The van der Waals surface area contributed by atoms with Crippen LogP contribution in [0, 0.1) is 0 Å². The third-order valence-electron chi connectivity index (χ3n) is 6.35. The van der Waals surface area contributed by atoms with Gasteiger partial charge in [0.15, 0.2) is 0 Å². The number of aromatic nitrogens is 1. The highest BCUT2D eigenvalue weighted by Gasteiger charge is 2.34. The molecule has 0 unspecified atom stereocenters. The Hall–Kier alpha value is -4.39. The number of para-hydroxylation sites is 1. The molecule has 37 heavy (non-hydrogen) atoms. The van der Waals surface area contributed by atoms with E-state index in [1.165, 1.54) is 0 Å². The number of H-pyrrole nitrogens is 1. The van der Waals surface area contributed by atoms with Gasteiger partial charge in [0, 0.05) is 37.1 Å². The maximum Gasteiger partial charge on any atom is 0.254 e. The van der Waals surface area contributed by atoms with E-state index in [4.69, 9.17) is 0 Å². The van der Waals surface area contributed by atoms with Gasteiger partial charge in [0.2, 0.25) is 11.8 Å². The van der Waals surface area contributed by atoms with E-state index in [1.807, 2.05) is 84.9 Å². The second-order valence-corrected chi connectivity index (χ2v) is 9.72. The summed E-state index contributed by atoms with van der Waals surface area (Å²) < 4.78 is 0. The van der Waals surface area contributed by atoms with E-state index >= 15 is 0 Å². The molecule has 4 aromatic rings. The average Bonchev–Trinajstić information content (AvgIpc) is 3.33. The first-order chi connectivity index (χ1) is 17.7. The summed E-state index contributed by atoms with van der Waals surface area (Å²) in [5, 5.41) is 6.51. The van der Waals surface area contributed by atoms with Gasteiger partial charge in [0.1, 0.15) is 11.6 Å². The Balaban J connectivity index is 1.50. The largest absolute Gasteiger partial charge is 0.360 e. The molecule has 0 aliphatic rings. The lowest BCUT2D eigenvalue weighted by atomic mass is 10.00. The molecule has 4 rings (SSSR count). The normalized spacial score (nSPS) is 12.1. The highest BCUT2D eigenvalue weighted by Crippen LogP contribution is 2.19. The third-order valence-corrected chi connectivity index (χ3v) is 6.35. The Bertz CT molecular complexity index is 1380. The van der Waals surface area contributed by atoms with Gasteiger partial charge in [-0.05, 0) is 31.0 Å². The van der Waals surface area contributed by atoms with Gasteiger partial charge in [-0.25, -0.2) is 0 Å². The van der Waals surface area contributed by atoms with Crippen LogP contribution in [0.4, 0.5) is 0 Å². The minimum absolute atomic E-state index is 0.209. The molecule has 3 aromatic carbocycles. The molecule has 190 valence electrons. The van der Waals surface area contributed by atoms with Crippen LogP contribution >= 0.6 is 0 Å². The molecular formula is C30H32N4O3. The number of hydrogen-bond acceptors (Lipinski definition) is 3. The Morgan fingerprint density at radius 1 is 0.865 bits per heavy atom. The fourth-order valence-corrected chi connectivity index (χ4v) is 4.26. The monoisotopic (exact) mass is 496 g/mol. The standard InChI is InChI=1S/C30H32N4O3/c1-30(2,33-27(35)24-19-31-25-17-11-10-16-23(24)25)29(37)32-26(18-21-12-6-4-7-13-21)28(36)34(3)20-22-14-8-5-9-15-22/h4-17,19,26,31H,18,20H2,1-3H3,(H,32,37)(H,33,35)/t26-/m1/s1. The molecule has 0 radical (unpaired) electrons. The zero-order valence-electron chi connectivity index (χ0n) is 21.3. The quantitative estimate of drug-likeness (QED) is 0.326. The fraction of sp³-hybridized carbons (Fsp3) is 0.233. The number of carbonyl (C=O) groups excluding carboxylic acids is 3. The number of aromatic amines is 1. The summed E-state index contributed by atoms with van der Waals surface area (Å²) in [7, 11) is 1.73. The summed E-state index contributed by atoms with van der Waals surface area (Å²) in [6, 6.07) is 25.9. The molecule has 1 aromatic heterocycles. The van der Waals surface area contributed by atoms with Crippen LogP contribution in [0.15, 0.2) is 91.1 Å². The molecule has 0 spiro atoms. The van der Waals surface area contributed by atoms with E-state index in [1.54, 1.807) is 32.0 Å². The van der Waals surface area contributed by atoms with Crippen molar-refractivity contribution in [2.24, 2.45) is 0 Å². The number of nitrogens with zero attached hydrogens (tertiary/aromatic N) is 1. The molecule has 1 heterocycles. The van der Waals surface area contributed by atoms with Crippen LogP contribution in [0.3, 0.4) is 0 Å². The van der Waals surface area contributed by atoms with E-state index in [0.717, 1.165) is 22.0 Å². The van der Waals surface area contributed by atoms with Gasteiger partial charge in [-0.3, -0.25) is 14.4 Å². The van der Waals surface area contributed by atoms with Crippen molar-refractivity contribution in [3.05, 3.63) is 108 Å². The minimum atomic E-state index is -1.26. The van der Waals surface area contributed by atoms with Crippen molar-refractivity contribution in [1.82, 2.24) is 20.5 Å². The first-order valence-electron chi connectivity index (χ1n) is 12.3. The SMILES string of the molecule is CN(Cc1ccccc1)C(=O)[C@@H](Cc1ccccc1)NC(=O)C(C)(C)NC(=O)c1c[nH]c2ccccc12. The molecule has 1 atom stereocenters. The van der Waals surface area contributed by atoms with Crippen LogP contribution in [0.1, 0.15) is 35.3 Å². The van der Waals surface area contributed by atoms with Crippen LogP contribution in [0.25, 0.3) is 10.9 Å². The van der Waals surface area contributed by atoms with E-state index in [9.17, 15) is 14.4 Å². The van der Waals surface area contributed by atoms with Crippen molar-refractivity contribution >= 4 is 28.6 Å². The molecule has 7 heteroatoms. The number of nitrogens with one attached hydrogen (secondary N) is 3. The van der Waals surface area contributed by atoms with Crippen molar-refractivity contribution < 1.29 is 14.4 Å². The second kappa shape index (κ2) is 11.1. The molecule has 0 aliphatic carbocycles. The summed E-state index contributed by atoms with van der Waals surface area (Å²) in [6.45, 7) is 3.68. The Morgan fingerprint density at radius 2 is 1.46 bits per heavy atom. The van der Waals surface area contributed by atoms with Crippen molar-refractivity contribution in [3.63, 3.8) is 0 Å². The number of benzene rings is 3. The van der Waals surface area contributed by atoms with E-state index in [0.29, 0.717) is 18.5 Å². The number of rotatable bonds is 9. The summed E-state index contributed by atoms with van der Waals surface area (Å²) in [4.78, 5) is 44.7. The molecule has 7 nitrogen and oxygen atoms in total. The minimum Gasteiger partial charge on any atom is -0.360 e. The number of likely N-dealkylation sites (N-methyl/N-ethyl adjacent to an activating group) is 1. The zero-order chi connectivity index (χ0) is 26.4. The van der Waals surface area contributed by atoms with Gasteiger partial charge >= 0.3 is 0 Å². The lowest BCUT2D eigenvalue weighted by Crippen LogP contribution is -2.59. The van der Waals surface area contributed by atoms with Crippen molar-refractivity contribution in [3.8, 4) is 0 Å². The van der Waals surface area contributed by atoms with Gasteiger partial charge in [-0.2, -0.15) is 0 Å².